The Balaban J connectivity index is 2.54. The number of nitrogens with one attached hydrogen (secondary N) is 3. The van der Waals surface area contributed by atoms with Crippen molar-refractivity contribution >= 4 is 21.7 Å². The number of hydrogen-bond acceptors (Lipinski definition) is 5. The Bertz CT molecular complexity index is 530. The Morgan fingerprint density at radius 3 is 2.74 bits per heavy atom. The van der Waals surface area contributed by atoms with Crippen LogP contribution in [-0.2, 0) is 10.0 Å². The van der Waals surface area contributed by atoms with Crippen molar-refractivity contribution < 1.29 is 13.2 Å². The predicted octanol–water partition coefficient (Wildman–Crippen LogP) is -0.208. The molecular weight excluding hydrogens is 268 g/mol. The van der Waals surface area contributed by atoms with E-state index in [0.29, 0.717) is 17.9 Å². The van der Waals surface area contributed by atoms with Crippen molar-refractivity contribution in [2.45, 2.75) is 6.92 Å². The van der Waals surface area contributed by atoms with E-state index in [2.05, 4.69) is 20.3 Å². The van der Waals surface area contributed by atoms with Crippen LogP contribution in [0.3, 0.4) is 0 Å². The molecule has 7 nitrogen and oxygen atoms in total. The van der Waals surface area contributed by atoms with Gasteiger partial charge in [0.15, 0.2) is 0 Å². The molecule has 0 bridgehead atoms. The molecule has 1 aromatic rings. The quantitative estimate of drug-likeness (QED) is 0.602. The van der Waals surface area contributed by atoms with E-state index >= 15 is 0 Å². The molecule has 0 saturated heterocycles. The summed E-state index contributed by atoms with van der Waals surface area (Å²) in [7, 11) is -3.23. The van der Waals surface area contributed by atoms with Crippen molar-refractivity contribution in [3.05, 3.63) is 23.9 Å². The largest absolute Gasteiger partial charge is 0.370 e. The minimum atomic E-state index is -3.23. The smallest absolute Gasteiger partial charge is 0.255 e. The molecular formula is C11H18N4O3S. The first-order valence-electron chi connectivity index (χ1n) is 5.85. The minimum Gasteiger partial charge on any atom is -0.370 e. The first-order chi connectivity index (χ1) is 8.94. The molecule has 8 heteroatoms. The average Bonchev–Trinajstić information content (AvgIpc) is 2.34. The van der Waals surface area contributed by atoms with Crippen molar-refractivity contribution in [1.82, 2.24) is 15.0 Å². The number of carbonyl (C=O) groups excluding carboxylic acids is 1. The van der Waals surface area contributed by atoms with Crippen LogP contribution in [0.5, 0.6) is 0 Å². The van der Waals surface area contributed by atoms with Crippen LogP contribution in [0.1, 0.15) is 17.3 Å². The lowest BCUT2D eigenvalue weighted by molar-refractivity contribution is 0.0955. The number of rotatable bonds is 7. The van der Waals surface area contributed by atoms with Crippen LogP contribution in [0.2, 0.25) is 0 Å². The molecule has 0 spiro atoms. The van der Waals surface area contributed by atoms with Crippen LogP contribution in [0.4, 0.5) is 5.82 Å². The third kappa shape index (κ3) is 5.66. The molecule has 0 unspecified atom stereocenters. The highest BCUT2D eigenvalue weighted by Crippen LogP contribution is 2.10. The normalized spacial score (nSPS) is 11.1. The van der Waals surface area contributed by atoms with Gasteiger partial charge in [-0.25, -0.2) is 18.1 Å². The summed E-state index contributed by atoms with van der Waals surface area (Å²) < 4.78 is 24.0. The molecule has 0 fully saturated rings. The van der Waals surface area contributed by atoms with Gasteiger partial charge in [-0.1, -0.05) is 0 Å². The van der Waals surface area contributed by atoms with E-state index in [-0.39, 0.29) is 19.0 Å². The van der Waals surface area contributed by atoms with Crippen LogP contribution in [0.15, 0.2) is 18.3 Å². The van der Waals surface area contributed by atoms with E-state index in [1.165, 1.54) is 0 Å². The van der Waals surface area contributed by atoms with Crippen LogP contribution >= 0.6 is 0 Å². The molecule has 0 aromatic carbocycles. The zero-order valence-electron chi connectivity index (χ0n) is 10.9. The second kappa shape index (κ2) is 7.05. The Labute approximate surface area is 112 Å². The summed E-state index contributed by atoms with van der Waals surface area (Å²) in [6.07, 6.45) is 2.67. The Hall–Kier alpha value is -1.67. The standard InChI is InChI=1S/C11H18N4O3S/c1-3-12-10-9(5-4-6-13-10)11(16)14-7-8-15-19(2,17)18/h4-6,15H,3,7-8H2,1-2H3,(H,12,13)(H,14,16). The van der Waals surface area contributed by atoms with Gasteiger partial charge in [0.2, 0.25) is 10.0 Å². The van der Waals surface area contributed by atoms with Gasteiger partial charge in [-0.05, 0) is 19.1 Å². The van der Waals surface area contributed by atoms with Gasteiger partial charge in [0.25, 0.3) is 5.91 Å². The predicted molar refractivity (Wildman–Crippen MR) is 73.6 cm³/mol. The number of hydrogen-bond donors (Lipinski definition) is 3. The average molecular weight is 286 g/mol. The lowest BCUT2D eigenvalue weighted by Gasteiger charge is -2.09. The van der Waals surface area contributed by atoms with Crippen molar-refractivity contribution in [3.63, 3.8) is 0 Å². The van der Waals surface area contributed by atoms with E-state index in [1.54, 1.807) is 18.3 Å². The lowest BCUT2D eigenvalue weighted by Crippen LogP contribution is -2.34. The van der Waals surface area contributed by atoms with E-state index in [9.17, 15) is 13.2 Å². The van der Waals surface area contributed by atoms with Crippen molar-refractivity contribution in [1.29, 1.82) is 0 Å². The third-order valence-corrected chi connectivity index (χ3v) is 2.90. The number of nitrogens with zero attached hydrogens (tertiary/aromatic N) is 1. The second-order valence-electron chi connectivity index (χ2n) is 3.85. The van der Waals surface area contributed by atoms with Gasteiger partial charge in [0.05, 0.1) is 11.8 Å². The van der Waals surface area contributed by atoms with E-state index in [1.807, 2.05) is 6.92 Å². The highest BCUT2D eigenvalue weighted by atomic mass is 32.2. The second-order valence-corrected chi connectivity index (χ2v) is 5.69. The number of amides is 1. The summed E-state index contributed by atoms with van der Waals surface area (Å²) in [6.45, 7) is 2.94. The lowest BCUT2D eigenvalue weighted by atomic mass is 10.2. The van der Waals surface area contributed by atoms with Crippen molar-refractivity contribution in [2.24, 2.45) is 0 Å². The molecule has 0 atom stereocenters. The maximum Gasteiger partial charge on any atom is 0.255 e. The molecule has 0 radical (unpaired) electrons. The molecule has 1 heterocycles. The summed E-state index contributed by atoms with van der Waals surface area (Å²) in [4.78, 5) is 16.0. The summed E-state index contributed by atoms with van der Waals surface area (Å²) in [5.41, 5.74) is 0.434. The molecule has 3 N–H and O–H groups in total. The highest BCUT2D eigenvalue weighted by molar-refractivity contribution is 7.88. The fourth-order valence-electron chi connectivity index (χ4n) is 1.40. The summed E-state index contributed by atoms with van der Waals surface area (Å²) in [5, 5.41) is 5.61. The maximum absolute atomic E-state index is 11.9. The molecule has 1 aromatic heterocycles. The molecule has 1 rings (SSSR count). The molecule has 0 aliphatic heterocycles. The van der Waals surface area contributed by atoms with Crippen LogP contribution in [0, 0.1) is 0 Å². The highest BCUT2D eigenvalue weighted by Gasteiger charge is 2.11. The number of carbonyl (C=O) groups is 1. The summed E-state index contributed by atoms with van der Waals surface area (Å²) in [5.74, 6) is 0.220. The Kier molecular flexibility index (Phi) is 5.71. The summed E-state index contributed by atoms with van der Waals surface area (Å²) in [6, 6.07) is 3.33. The molecule has 0 aliphatic rings. The van der Waals surface area contributed by atoms with Gasteiger partial charge < -0.3 is 10.6 Å². The van der Waals surface area contributed by atoms with Crippen molar-refractivity contribution in [3.8, 4) is 0 Å². The first-order valence-corrected chi connectivity index (χ1v) is 7.75. The molecule has 106 valence electrons. The van der Waals surface area contributed by atoms with Gasteiger partial charge in [-0.2, -0.15) is 0 Å². The monoisotopic (exact) mass is 286 g/mol. The first kappa shape index (κ1) is 15.4. The number of sulfonamides is 1. The van der Waals surface area contributed by atoms with Gasteiger partial charge in [0.1, 0.15) is 5.82 Å². The van der Waals surface area contributed by atoms with Gasteiger partial charge in [0, 0.05) is 25.8 Å². The SMILES string of the molecule is CCNc1ncccc1C(=O)NCCNS(C)(=O)=O. The van der Waals surface area contributed by atoms with Crippen LogP contribution < -0.4 is 15.4 Å². The van der Waals surface area contributed by atoms with Gasteiger partial charge in [-0.15, -0.1) is 0 Å². The Morgan fingerprint density at radius 2 is 2.11 bits per heavy atom. The fourth-order valence-corrected chi connectivity index (χ4v) is 1.88. The van der Waals surface area contributed by atoms with Gasteiger partial charge >= 0.3 is 0 Å². The fraction of sp³-hybridized carbons (Fsp3) is 0.455. The van der Waals surface area contributed by atoms with Gasteiger partial charge in [-0.3, -0.25) is 4.79 Å². The molecule has 1 amide bonds. The number of anilines is 1. The number of aromatic nitrogens is 1. The maximum atomic E-state index is 11.9. The minimum absolute atomic E-state index is 0.154. The summed E-state index contributed by atoms with van der Waals surface area (Å²) >= 11 is 0. The van der Waals surface area contributed by atoms with Crippen molar-refractivity contribution in [2.75, 3.05) is 31.2 Å². The van der Waals surface area contributed by atoms with Crippen LogP contribution in [-0.4, -0.2) is 45.2 Å². The van der Waals surface area contributed by atoms with E-state index < -0.39 is 10.0 Å². The zero-order valence-corrected chi connectivity index (χ0v) is 11.8. The third-order valence-electron chi connectivity index (χ3n) is 2.17. The van der Waals surface area contributed by atoms with E-state index in [4.69, 9.17) is 0 Å². The zero-order chi connectivity index (χ0) is 14.3. The molecule has 0 saturated carbocycles. The number of pyridine rings is 1. The van der Waals surface area contributed by atoms with Crippen LogP contribution in [0.25, 0.3) is 0 Å². The Morgan fingerprint density at radius 1 is 1.37 bits per heavy atom. The topological polar surface area (TPSA) is 100 Å². The molecule has 19 heavy (non-hydrogen) atoms. The molecule has 0 aliphatic carbocycles. The van der Waals surface area contributed by atoms with E-state index in [0.717, 1.165) is 6.26 Å².